The van der Waals surface area contributed by atoms with Crippen molar-refractivity contribution >= 4 is 5.69 Å². The van der Waals surface area contributed by atoms with Crippen LogP contribution in [0.1, 0.15) is 31.5 Å². The Kier molecular flexibility index (Phi) is 3.69. The first-order valence-electron chi connectivity index (χ1n) is 8.21. The van der Waals surface area contributed by atoms with Crippen molar-refractivity contribution in [1.29, 1.82) is 0 Å². The lowest BCUT2D eigenvalue weighted by Crippen LogP contribution is -1.93. The second-order valence-corrected chi connectivity index (χ2v) is 5.99. The summed E-state index contributed by atoms with van der Waals surface area (Å²) in [4.78, 5) is 4.50. The highest BCUT2D eigenvalue weighted by Crippen LogP contribution is 2.39. The van der Waals surface area contributed by atoms with Gasteiger partial charge in [-0.05, 0) is 55.2 Å². The van der Waals surface area contributed by atoms with Gasteiger partial charge in [0.25, 0.3) is 5.89 Å². The molecule has 4 rings (SSSR count). The fourth-order valence-corrected chi connectivity index (χ4v) is 2.70. The van der Waals surface area contributed by atoms with Crippen LogP contribution >= 0.6 is 0 Å². The lowest BCUT2D eigenvalue weighted by molar-refractivity contribution is 0.340. The van der Waals surface area contributed by atoms with Crippen LogP contribution in [0, 0.1) is 0 Å². The van der Waals surface area contributed by atoms with E-state index in [-0.39, 0.29) is 0 Å². The SMILES string of the molecule is CCOc1cccc(-c2ccc(N)c(-c3nc(C4CC4)no3)c2)c1. The van der Waals surface area contributed by atoms with Crippen LogP contribution in [0.25, 0.3) is 22.6 Å². The van der Waals surface area contributed by atoms with Crippen molar-refractivity contribution in [2.24, 2.45) is 0 Å². The van der Waals surface area contributed by atoms with Gasteiger partial charge < -0.3 is 15.0 Å². The molecule has 5 heteroatoms. The summed E-state index contributed by atoms with van der Waals surface area (Å²) in [6.07, 6.45) is 2.28. The van der Waals surface area contributed by atoms with Gasteiger partial charge in [0.1, 0.15) is 5.75 Å². The number of nitrogen functional groups attached to an aromatic ring is 1. The van der Waals surface area contributed by atoms with Gasteiger partial charge in [-0.25, -0.2) is 0 Å². The number of hydrogen-bond donors (Lipinski definition) is 1. The Bertz CT molecular complexity index is 869. The highest BCUT2D eigenvalue weighted by atomic mass is 16.5. The zero-order valence-electron chi connectivity index (χ0n) is 13.5. The van der Waals surface area contributed by atoms with Gasteiger partial charge in [0, 0.05) is 11.6 Å². The number of nitrogens with two attached hydrogens (primary N) is 1. The topological polar surface area (TPSA) is 74.2 Å². The number of hydrogen-bond acceptors (Lipinski definition) is 5. The second kappa shape index (κ2) is 6.00. The zero-order chi connectivity index (χ0) is 16.5. The van der Waals surface area contributed by atoms with Crippen molar-refractivity contribution in [3.8, 4) is 28.3 Å². The predicted molar refractivity (Wildman–Crippen MR) is 92.7 cm³/mol. The van der Waals surface area contributed by atoms with Crippen LogP contribution in [0.2, 0.25) is 0 Å². The number of nitrogens with zero attached hydrogens (tertiary/aromatic N) is 2. The molecular weight excluding hydrogens is 302 g/mol. The third-order valence-corrected chi connectivity index (χ3v) is 4.15. The first kappa shape index (κ1) is 14.8. The fourth-order valence-electron chi connectivity index (χ4n) is 2.70. The average Bonchev–Trinajstić information content (AvgIpc) is 3.34. The van der Waals surface area contributed by atoms with Gasteiger partial charge in [0.2, 0.25) is 0 Å². The van der Waals surface area contributed by atoms with Crippen molar-refractivity contribution < 1.29 is 9.26 Å². The molecule has 2 aromatic carbocycles. The van der Waals surface area contributed by atoms with E-state index >= 15 is 0 Å². The van der Waals surface area contributed by atoms with Gasteiger partial charge in [0.15, 0.2) is 5.82 Å². The Labute approximate surface area is 140 Å². The Hall–Kier alpha value is -2.82. The van der Waals surface area contributed by atoms with Gasteiger partial charge in [-0.2, -0.15) is 4.98 Å². The molecule has 5 nitrogen and oxygen atoms in total. The standard InChI is InChI=1S/C19H19N3O2/c1-2-23-15-5-3-4-13(10-15)14-8-9-17(20)16(11-14)19-21-18(22-24-19)12-6-7-12/h3-5,8-12H,2,6-7,20H2,1H3. The molecule has 0 aliphatic heterocycles. The van der Waals surface area contributed by atoms with Gasteiger partial charge in [-0.1, -0.05) is 23.4 Å². The third-order valence-electron chi connectivity index (χ3n) is 4.15. The Morgan fingerprint density at radius 2 is 2.00 bits per heavy atom. The van der Waals surface area contributed by atoms with Gasteiger partial charge in [-0.3, -0.25) is 0 Å². The summed E-state index contributed by atoms with van der Waals surface area (Å²) < 4.78 is 11.0. The van der Waals surface area contributed by atoms with Gasteiger partial charge in [0.05, 0.1) is 12.2 Å². The molecule has 24 heavy (non-hydrogen) atoms. The maximum absolute atomic E-state index is 6.13. The molecule has 1 aromatic heterocycles. The summed E-state index contributed by atoms with van der Waals surface area (Å²) in [5.74, 6) is 2.57. The molecular formula is C19H19N3O2. The minimum absolute atomic E-state index is 0.454. The van der Waals surface area contributed by atoms with E-state index < -0.39 is 0 Å². The van der Waals surface area contributed by atoms with Gasteiger partial charge in [-0.15, -0.1) is 0 Å². The summed E-state index contributed by atoms with van der Waals surface area (Å²) in [7, 11) is 0. The van der Waals surface area contributed by atoms with Crippen molar-refractivity contribution in [1.82, 2.24) is 10.1 Å². The normalized spacial score (nSPS) is 13.9. The molecule has 1 fully saturated rings. The molecule has 0 amide bonds. The molecule has 0 bridgehead atoms. The van der Waals surface area contributed by atoms with E-state index in [0.717, 1.165) is 41.1 Å². The minimum Gasteiger partial charge on any atom is -0.494 e. The van der Waals surface area contributed by atoms with E-state index in [1.165, 1.54) is 0 Å². The van der Waals surface area contributed by atoms with Crippen LogP contribution in [-0.2, 0) is 0 Å². The molecule has 2 N–H and O–H groups in total. The molecule has 0 radical (unpaired) electrons. The largest absolute Gasteiger partial charge is 0.494 e. The number of benzene rings is 2. The predicted octanol–water partition coefficient (Wildman–Crippen LogP) is 4.26. The van der Waals surface area contributed by atoms with E-state index in [1.54, 1.807) is 0 Å². The van der Waals surface area contributed by atoms with Gasteiger partial charge >= 0.3 is 0 Å². The Morgan fingerprint density at radius 1 is 1.17 bits per heavy atom. The van der Waals surface area contributed by atoms with Crippen LogP contribution < -0.4 is 10.5 Å². The number of rotatable bonds is 5. The summed E-state index contributed by atoms with van der Waals surface area (Å²) >= 11 is 0. The first-order chi connectivity index (χ1) is 11.7. The molecule has 122 valence electrons. The smallest absolute Gasteiger partial charge is 0.260 e. The number of ether oxygens (including phenoxy) is 1. The van der Waals surface area contributed by atoms with E-state index in [0.29, 0.717) is 24.1 Å². The lowest BCUT2D eigenvalue weighted by atomic mass is 10.0. The molecule has 3 aromatic rings. The van der Waals surface area contributed by atoms with Crippen molar-refractivity contribution in [3.05, 3.63) is 48.3 Å². The van der Waals surface area contributed by atoms with E-state index in [4.69, 9.17) is 15.0 Å². The number of aromatic nitrogens is 2. The highest BCUT2D eigenvalue weighted by molar-refractivity contribution is 5.78. The summed E-state index contributed by atoms with van der Waals surface area (Å²) in [5.41, 5.74) is 9.62. The van der Waals surface area contributed by atoms with E-state index in [1.807, 2.05) is 49.4 Å². The Morgan fingerprint density at radius 3 is 2.79 bits per heavy atom. The van der Waals surface area contributed by atoms with E-state index in [2.05, 4.69) is 10.1 Å². The highest BCUT2D eigenvalue weighted by Gasteiger charge is 2.29. The quantitative estimate of drug-likeness (QED) is 0.711. The monoisotopic (exact) mass is 321 g/mol. The van der Waals surface area contributed by atoms with Crippen LogP contribution in [-0.4, -0.2) is 16.7 Å². The van der Waals surface area contributed by atoms with Crippen molar-refractivity contribution in [3.63, 3.8) is 0 Å². The summed E-state index contributed by atoms with van der Waals surface area (Å²) in [5, 5.41) is 4.07. The van der Waals surface area contributed by atoms with Crippen molar-refractivity contribution in [2.45, 2.75) is 25.7 Å². The molecule has 0 atom stereocenters. The van der Waals surface area contributed by atoms with Crippen LogP contribution in [0.15, 0.2) is 47.0 Å². The average molecular weight is 321 g/mol. The molecule has 1 saturated carbocycles. The maximum Gasteiger partial charge on any atom is 0.260 e. The molecule has 1 aliphatic carbocycles. The van der Waals surface area contributed by atoms with Crippen LogP contribution in [0.4, 0.5) is 5.69 Å². The third kappa shape index (κ3) is 2.85. The summed E-state index contributed by atoms with van der Waals surface area (Å²) in [6, 6.07) is 13.8. The minimum atomic E-state index is 0.454. The van der Waals surface area contributed by atoms with Crippen LogP contribution in [0.3, 0.4) is 0 Å². The Balaban J connectivity index is 1.71. The van der Waals surface area contributed by atoms with E-state index in [9.17, 15) is 0 Å². The second-order valence-electron chi connectivity index (χ2n) is 5.99. The van der Waals surface area contributed by atoms with Crippen molar-refractivity contribution in [2.75, 3.05) is 12.3 Å². The molecule has 1 heterocycles. The first-order valence-corrected chi connectivity index (χ1v) is 8.21. The fraction of sp³-hybridized carbons (Fsp3) is 0.263. The molecule has 0 unspecified atom stereocenters. The number of anilines is 1. The molecule has 1 aliphatic rings. The molecule has 0 saturated heterocycles. The summed E-state index contributed by atoms with van der Waals surface area (Å²) in [6.45, 7) is 2.61. The lowest BCUT2D eigenvalue weighted by Gasteiger charge is -2.08. The van der Waals surface area contributed by atoms with Crippen LogP contribution in [0.5, 0.6) is 5.75 Å². The molecule has 0 spiro atoms. The maximum atomic E-state index is 6.13. The zero-order valence-corrected chi connectivity index (χ0v) is 13.5.